The standard InChI is InChI=1S/C12H10O5S/c13-9-3-6-12(14)11(7-9)8-1-4-10(5-2-8)18(15,16)17/h1-7,13-14H,(H,15,16,17). The number of hydrogen-bond acceptors (Lipinski definition) is 4. The van der Waals surface area contributed by atoms with Crippen molar-refractivity contribution in [2.75, 3.05) is 0 Å². The highest BCUT2D eigenvalue weighted by atomic mass is 32.2. The summed E-state index contributed by atoms with van der Waals surface area (Å²) >= 11 is 0. The molecule has 2 rings (SSSR count). The zero-order chi connectivity index (χ0) is 13.3. The van der Waals surface area contributed by atoms with Crippen molar-refractivity contribution >= 4 is 10.1 Å². The summed E-state index contributed by atoms with van der Waals surface area (Å²) in [5, 5.41) is 19.0. The molecule has 0 heterocycles. The van der Waals surface area contributed by atoms with Crippen LogP contribution in [0.25, 0.3) is 11.1 Å². The molecule has 18 heavy (non-hydrogen) atoms. The summed E-state index contributed by atoms with van der Waals surface area (Å²) in [5.74, 6) is -0.0472. The first-order valence-corrected chi connectivity index (χ1v) is 6.42. The number of phenols is 2. The van der Waals surface area contributed by atoms with Crippen LogP contribution in [-0.2, 0) is 10.1 Å². The molecule has 0 aliphatic rings. The van der Waals surface area contributed by atoms with Gasteiger partial charge in [0.05, 0.1) is 4.90 Å². The Hall–Kier alpha value is -2.05. The van der Waals surface area contributed by atoms with Crippen LogP contribution in [0.1, 0.15) is 0 Å². The summed E-state index contributed by atoms with van der Waals surface area (Å²) in [7, 11) is -4.23. The Morgan fingerprint density at radius 2 is 1.50 bits per heavy atom. The van der Waals surface area contributed by atoms with E-state index in [2.05, 4.69) is 0 Å². The molecule has 2 aromatic carbocycles. The van der Waals surface area contributed by atoms with Gasteiger partial charge in [0.1, 0.15) is 11.5 Å². The van der Waals surface area contributed by atoms with E-state index >= 15 is 0 Å². The second-order valence-electron chi connectivity index (χ2n) is 3.70. The quantitative estimate of drug-likeness (QED) is 0.571. The van der Waals surface area contributed by atoms with Crippen LogP contribution < -0.4 is 0 Å². The number of phenolic OH excluding ortho intramolecular Hbond substituents is 2. The van der Waals surface area contributed by atoms with Gasteiger partial charge in [-0.25, -0.2) is 0 Å². The predicted molar refractivity (Wildman–Crippen MR) is 65.0 cm³/mol. The Balaban J connectivity index is 2.50. The summed E-state index contributed by atoms with van der Waals surface area (Å²) in [6.45, 7) is 0. The van der Waals surface area contributed by atoms with E-state index in [1.54, 1.807) is 0 Å². The van der Waals surface area contributed by atoms with Gasteiger partial charge in [0.2, 0.25) is 0 Å². The van der Waals surface area contributed by atoms with Crippen molar-refractivity contribution in [1.82, 2.24) is 0 Å². The second-order valence-corrected chi connectivity index (χ2v) is 5.12. The highest BCUT2D eigenvalue weighted by Crippen LogP contribution is 2.32. The van der Waals surface area contributed by atoms with Gasteiger partial charge in [-0.3, -0.25) is 4.55 Å². The van der Waals surface area contributed by atoms with Crippen LogP contribution in [-0.4, -0.2) is 23.2 Å². The maximum absolute atomic E-state index is 10.9. The van der Waals surface area contributed by atoms with Crippen molar-refractivity contribution in [1.29, 1.82) is 0 Å². The maximum atomic E-state index is 10.9. The van der Waals surface area contributed by atoms with Gasteiger partial charge in [-0.15, -0.1) is 0 Å². The molecule has 6 heteroatoms. The minimum Gasteiger partial charge on any atom is -0.508 e. The molecule has 5 nitrogen and oxygen atoms in total. The van der Waals surface area contributed by atoms with E-state index in [0.29, 0.717) is 11.1 Å². The molecule has 0 fully saturated rings. The molecule has 0 atom stereocenters. The van der Waals surface area contributed by atoms with Gasteiger partial charge in [-0.05, 0) is 35.9 Å². The summed E-state index contributed by atoms with van der Waals surface area (Å²) in [5.41, 5.74) is 0.896. The predicted octanol–water partition coefficient (Wildman–Crippen LogP) is 2.01. The molecule has 0 bridgehead atoms. The molecule has 0 spiro atoms. The highest BCUT2D eigenvalue weighted by Gasteiger charge is 2.10. The molecule has 0 saturated heterocycles. The monoisotopic (exact) mass is 266 g/mol. The van der Waals surface area contributed by atoms with E-state index < -0.39 is 10.1 Å². The van der Waals surface area contributed by atoms with Crippen molar-refractivity contribution in [3.63, 3.8) is 0 Å². The first kappa shape index (κ1) is 12.4. The molecule has 0 unspecified atom stereocenters. The van der Waals surface area contributed by atoms with Gasteiger partial charge in [-0.2, -0.15) is 8.42 Å². The van der Waals surface area contributed by atoms with E-state index in [1.165, 1.54) is 42.5 Å². The lowest BCUT2D eigenvalue weighted by atomic mass is 10.0. The fourth-order valence-corrected chi connectivity index (χ4v) is 2.04. The summed E-state index contributed by atoms with van der Waals surface area (Å²) in [6, 6.07) is 9.32. The third-order valence-electron chi connectivity index (χ3n) is 2.44. The molecule has 0 radical (unpaired) electrons. The number of hydrogen-bond donors (Lipinski definition) is 3. The van der Waals surface area contributed by atoms with Gasteiger partial charge in [-0.1, -0.05) is 12.1 Å². The SMILES string of the molecule is O=S(=O)(O)c1ccc(-c2cc(O)ccc2O)cc1. The molecule has 3 N–H and O–H groups in total. The van der Waals surface area contributed by atoms with Crippen LogP contribution in [0.3, 0.4) is 0 Å². The third kappa shape index (κ3) is 2.44. The normalized spacial score (nSPS) is 11.4. The molecular formula is C12H10O5S. The molecule has 0 aliphatic heterocycles. The molecule has 0 saturated carbocycles. The van der Waals surface area contributed by atoms with Crippen LogP contribution >= 0.6 is 0 Å². The smallest absolute Gasteiger partial charge is 0.294 e. The van der Waals surface area contributed by atoms with E-state index in [1.807, 2.05) is 0 Å². The van der Waals surface area contributed by atoms with Crippen LogP contribution in [0.4, 0.5) is 0 Å². The van der Waals surface area contributed by atoms with Crippen molar-refractivity contribution in [2.24, 2.45) is 0 Å². The van der Waals surface area contributed by atoms with Gasteiger partial charge in [0.25, 0.3) is 10.1 Å². The average Bonchev–Trinajstić information content (AvgIpc) is 2.31. The van der Waals surface area contributed by atoms with Crippen molar-refractivity contribution in [2.45, 2.75) is 4.90 Å². The van der Waals surface area contributed by atoms with Gasteiger partial charge >= 0.3 is 0 Å². The first-order valence-electron chi connectivity index (χ1n) is 4.98. The largest absolute Gasteiger partial charge is 0.508 e. The van der Waals surface area contributed by atoms with Crippen molar-refractivity contribution in [3.8, 4) is 22.6 Å². The van der Waals surface area contributed by atoms with E-state index in [0.717, 1.165) is 0 Å². The van der Waals surface area contributed by atoms with Gasteiger partial charge in [0, 0.05) is 5.56 Å². The summed E-state index contributed by atoms with van der Waals surface area (Å²) < 4.78 is 30.6. The maximum Gasteiger partial charge on any atom is 0.294 e. The Morgan fingerprint density at radius 1 is 0.889 bits per heavy atom. The van der Waals surface area contributed by atoms with E-state index in [9.17, 15) is 18.6 Å². The Morgan fingerprint density at radius 3 is 2.06 bits per heavy atom. The molecule has 0 aliphatic carbocycles. The first-order chi connectivity index (χ1) is 8.38. The van der Waals surface area contributed by atoms with Crippen molar-refractivity contribution < 1.29 is 23.2 Å². The summed E-state index contributed by atoms with van der Waals surface area (Å²) in [6.07, 6.45) is 0. The third-order valence-corrected chi connectivity index (χ3v) is 3.31. The fourth-order valence-electron chi connectivity index (χ4n) is 1.56. The zero-order valence-corrected chi connectivity index (χ0v) is 9.92. The molecular weight excluding hydrogens is 256 g/mol. The van der Waals surface area contributed by atoms with E-state index in [4.69, 9.17) is 4.55 Å². The second kappa shape index (κ2) is 4.32. The lowest BCUT2D eigenvalue weighted by Gasteiger charge is -2.06. The minimum absolute atomic E-state index is 0.0124. The van der Waals surface area contributed by atoms with Crippen LogP contribution in [0.15, 0.2) is 47.4 Å². The number of aromatic hydroxyl groups is 2. The van der Waals surface area contributed by atoms with Crippen LogP contribution in [0, 0.1) is 0 Å². The highest BCUT2D eigenvalue weighted by molar-refractivity contribution is 7.85. The van der Waals surface area contributed by atoms with Crippen LogP contribution in [0.2, 0.25) is 0 Å². The lowest BCUT2D eigenvalue weighted by Crippen LogP contribution is -1.97. The Bertz CT molecular complexity index is 674. The van der Waals surface area contributed by atoms with E-state index in [-0.39, 0.29) is 16.4 Å². The lowest BCUT2D eigenvalue weighted by molar-refractivity contribution is 0.462. The Kier molecular flexibility index (Phi) is 2.98. The molecule has 94 valence electrons. The molecule has 0 amide bonds. The van der Waals surface area contributed by atoms with Gasteiger partial charge < -0.3 is 10.2 Å². The molecule has 2 aromatic rings. The van der Waals surface area contributed by atoms with Crippen molar-refractivity contribution in [3.05, 3.63) is 42.5 Å². The Labute approximate surface area is 104 Å². The topological polar surface area (TPSA) is 94.8 Å². The molecule has 0 aromatic heterocycles. The fraction of sp³-hybridized carbons (Fsp3) is 0. The zero-order valence-electron chi connectivity index (χ0n) is 9.11. The van der Waals surface area contributed by atoms with Crippen LogP contribution in [0.5, 0.6) is 11.5 Å². The number of rotatable bonds is 2. The number of benzene rings is 2. The van der Waals surface area contributed by atoms with Gasteiger partial charge in [0.15, 0.2) is 0 Å². The average molecular weight is 266 g/mol. The summed E-state index contributed by atoms with van der Waals surface area (Å²) in [4.78, 5) is -0.231. The minimum atomic E-state index is -4.23.